The van der Waals surface area contributed by atoms with Gasteiger partial charge in [-0.1, -0.05) is 18.2 Å². The molecule has 0 atom stereocenters. The summed E-state index contributed by atoms with van der Waals surface area (Å²) >= 11 is 0. The molecule has 0 saturated carbocycles. The quantitative estimate of drug-likeness (QED) is 0.741. The first-order valence-corrected chi connectivity index (χ1v) is 8.25. The Morgan fingerprint density at radius 3 is 2.46 bits per heavy atom. The van der Waals surface area contributed by atoms with Crippen LogP contribution in [-0.2, 0) is 6.54 Å². The summed E-state index contributed by atoms with van der Waals surface area (Å²) in [5, 5.41) is 9.76. The molecule has 7 nitrogen and oxygen atoms in total. The maximum atomic E-state index is 12.4. The average Bonchev–Trinajstić information content (AvgIpc) is 3.05. The largest absolute Gasteiger partial charge is 0.319 e. The van der Waals surface area contributed by atoms with Gasteiger partial charge in [-0.15, -0.1) is 0 Å². The van der Waals surface area contributed by atoms with Crippen molar-refractivity contribution in [2.45, 2.75) is 20.4 Å². The van der Waals surface area contributed by atoms with Gasteiger partial charge in [0.2, 0.25) is 0 Å². The second-order valence-corrected chi connectivity index (χ2v) is 5.69. The number of pyridine rings is 1. The van der Waals surface area contributed by atoms with Crippen LogP contribution in [-0.4, -0.2) is 26.6 Å². The monoisotopic (exact) mass is 349 g/mol. The van der Waals surface area contributed by atoms with Crippen LogP contribution in [0.5, 0.6) is 0 Å². The molecule has 2 heterocycles. The van der Waals surface area contributed by atoms with Crippen molar-refractivity contribution in [1.82, 2.24) is 14.8 Å². The molecule has 0 aliphatic rings. The summed E-state index contributed by atoms with van der Waals surface area (Å²) in [4.78, 5) is 28.7. The van der Waals surface area contributed by atoms with Crippen LogP contribution in [0.3, 0.4) is 0 Å². The van der Waals surface area contributed by atoms with Crippen LogP contribution >= 0.6 is 0 Å². The van der Waals surface area contributed by atoms with Crippen molar-refractivity contribution in [2.24, 2.45) is 0 Å². The highest BCUT2D eigenvalue weighted by molar-refractivity contribution is 6.04. The predicted molar refractivity (Wildman–Crippen MR) is 99.2 cm³/mol. The summed E-state index contributed by atoms with van der Waals surface area (Å²) < 4.78 is 1.65. The second-order valence-electron chi connectivity index (χ2n) is 5.69. The van der Waals surface area contributed by atoms with Gasteiger partial charge in [-0.05, 0) is 44.2 Å². The maximum absolute atomic E-state index is 12.4. The van der Waals surface area contributed by atoms with E-state index in [9.17, 15) is 9.59 Å². The van der Waals surface area contributed by atoms with Gasteiger partial charge in [0, 0.05) is 12.1 Å². The van der Waals surface area contributed by atoms with E-state index in [0.29, 0.717) is 29.3 Å². The number of nitrogens with one attached hydrogen (secondary N) is 2. The highest BCUT2D eigenvalue weighted by Crippen LogP contribution is 2.13. The summed E-state index contributed by atoms with van der Waals surface area (Å²) in [6.07, 6.45) is 1.50. The van der Waals surface area contributed by atoms with E-state index >= 15 is 0 Å². The molecule has 2 aromatic heterocycles. The number of hydrogen-bond donors (Lipinski definition) is 2. The van der Waals surface area contributed by atoms with Crippen molar-refractivity contribution in [3.8, 4) is 0 Å². The van der Waals surface area contributed by atoms with Gasteiger partial charge in [0.25, 0.3) is 11.8 Å². The number of carbonyl (C=O) groups is 2. The number of rotatable bonds is 5. The van der Waals surface area contributed by atoms with Gasteiger partial charge in [-0.2, -0.15) is 5.10 Å². The lowest BCUT2D eigenvalue weighted by Gasteiger charge is -2.08. The lowest BCUT2D eigenvalue weighted by Crippen LogP contribution is -2.17. The van der Waals surface area contributed by atoms with Gasteiger partial charge in [0.1, 0.15) is 11.5 Å². The van der Waals surface area contributed by atoms with Gasteiger partial charge in [0.05, 0.1) is 17.6 Å². The molecule has 3 rings (SSSR count). The van der Waals surface area contributed by atoms with Gasteiger partial charge in [-0.3, -0.25) is 14.3 Å². The van der Waals surface area contributed by atoms with E-state index in [0.717, 1.165) is 5.69 Å². The number of anilines is 2. The minimum Gasteiger partial charge on any atom is -0.319 e. The summed E-state index contributed by atoms with van der Waals surface area (Å²) in [6.45, 7) is 4.38. The Bertz CT molecular complexity index is 917. The molecule has 1 aromatic carbocycles. The van der Waals surface area contributed by atoms with Crippen LogP contribution in [0.25, 0.3) is 0 Å². The zero-order valence-corrected chi connectivity index (χ0v) is 14.6. The fourth-order valence-corrected chi connectivity index (χ4v) is 2.48. The Hall–Kier alpha value is -3.48. The molecule has 0 spiro atoms. The molecule has 0 saturated heterocycles. The van der Waals surface area contributed by atoms with Crippen molar-refractivity contribution in [1.29, 1.82) is 0 Å². The van der Waals surface area contributed by atoms with Crippen molar-refractivity contribution >= 4 is 23.3 Å². The smallest absolute Gasteiger partial charge is 0.273 e. The van der Waals surface area contributed by atoms with Gasteiger partial charge in [0.15, 0.2) is 0 Å². The highest BCUT2D eigenvalue weighted by atomic mass is 16.2. The number of carbonyl (C=O) groups excluding carboxylic acids is 2. The molecular formula is C19H19N5O2. The van der Waals surface area contributed by atoms with Crippen LogP contribution in [0, 0.1) is 6.92 Å². The Labute approximate surface area is 151 Å². The fraction of sp³-hybridized carbons (Fsp3) is 0.158. The Morgan fingerprint density at radius 1 is 1.04 bits per heavy atom. The second kappa shape index (κ2) is 7.60. The Morgan fingerprint density at radius 2 is 1.81 bits per heavy atom. The summed E-state index contributed by atoms with van der Waals surface area (Å²) in [5.41, 5.74) is 2.37. The SMILES string of the molecule is CCn1nc(C)cc1C(=O)Nc1ccc(NC(=O)c2ccccc2)nc1. The van der Waals surface area contributed by atoms with Crippen LogP contribution in [0.2, 0.25) is 0 Å². The first-order valence-electron chi connectivity index (χ1n) is 8.25. The fourth-order valence-electron chi connectivity index (χ4n) is 2.48. The van der Waals surface area contributed by atoms with Crippen LogP contribution in [0.1, 0.15) is 33.5 Å². The van der Waals surface area contributed by atoms with Crippen LogP contribution < -0.4 is 10.6 Å². The van der Waals surface area contributed by atoms with E-state index in [1.807, 2.05) is 19.9 Å². The molecule has 3 aromatic rings. The maximum Gasteiger partial charge on any atom is 0.273 e. The Balaban J connectivity index is 1.66. The van der Waals surface area contributed by atoms with E-state index in [4.69, 9.17) is 0 Å². The molecule has 0 bridgehead atoms. The molecule has 0 fully saturated rings. The first-order chi connectivity index (χ1) is 12.6. The molecule has 0 aliphatic heterocycles. The zero-order valence-electron chi connectivity index (χ0n) is 14.6. The summed E-state index contributed by atoms with van der Waals surface area (Å²) in [5.74, 6) is -0.0844. The van der Waals surface area contributed by atoms with E-state index in [2.05, 4.69) is 20.7 Å². The van der Waals surface area contributed by atoms with Gasteiger partial charge >= 0.3 is 0 Å². The lowest BCUT2D eigenvalue weighted by molar-refractivity contribution is 0.101. The highest BCUT2D eigenvalue weighted by Gasteiger charge is 2.13. The zero-order chi connectivity index (χ0) is 18.5. The Kier molecular flexibility index (Phi) is 5.07. The third-order valence-corrected chi connectivity index (χ3v) is 3.73. The molecular weight excluding hydrogens is 330 g/mol. The average molecular weight is 349 g/mol. The van der Waals surface area contributed by atoms with Crippen molar-refractivity contribution < 1.29 is 9.59 Å². The molecule has 2 N–H and O–H groups in total. The van der Waals surface area contributed by atoms with Gasteiger partial charge in [-0.25, -0.2) is 4.98 Å². The number of aryl methyl sites for hydroxylation is 2. The topological polar surface area (TPSA) is 88.9 Å². The van der Waals surface area contributed by atoms with Gasteiger partial charge < -0.3 is 10.6 Å². The number of benzene rings is 1. The molecule has 2 amide bonds. The predicted octanol–water partition coefficient (Wildman–Crippen LogP) is 3.11. The normalized spacial score (nSPS) is 10.4. The van der Waals surface area contributed by atoms with Crippen molar-refractivity contribution in [3.05, 3.63) is 71.7 Å². The van der Waals surface area contributed by atoms with Crippen molar-refractivity contribution in [3.63, 3.8) is 0 Å². The standard InChI is InChI=1S/C19H19N5O2/c1-3-24-16(11-13(2)23-24)19(26)21-15-9-10-17(20-12-15)22-18(25)14-7-5-4-6-8-14/h4-12H,3H2,1-2H3,(H,21,26)(H,20,22,25). The van der Waals surface area contributed by atoms with E-state index in [-0.39, 0.29) is 11.8 Å². The van der Waals surface area contributed by atoms with Crippen molar-refractivity contribution in [2.75, 3.05) is 10.6 Å². The lowest BCUT2D eigenvalue weighted by atomic mass is 10.2. The number of nitrogens with zero attached hydrogens (tertiary/aromatic N) is 3. The molecule has 0 radical (unpaired) electrons. The molecule has 0 aliphatic carbocycles. The molecule has 132 valence electrons. The third kappa shape index (κ3) is 3.94. The van der Waals surface area contributed by atoms with E-state index in [1.54, 1.807) is 47.1 Å². The summed E-state index contributed by atoms with van der Waals surface area (Å²) in [6, 6.07) is 13.9. The third-order valence-electron chi connectivity index (χ3n) is 3.73. The number of aromatic nitrogens is 3. The molecule has 0 unspecified atom stereocenters. The minimum atomic E-state index is -0.254. The number of hydrogen-bond acceptors (Lipinski definition) is 4. The minimum absolute atomic E-state index is 0.239. The first kappa shape index (κ1) is 17.3. The summed E-state index contributed by atoms with van der Waals surface area (Å²) in [7, 11) is 0. The molecule has 7 heteroatoms. The molecule has 26 heavy (non-hydrogen) atoms. The van der Waals surface area contributed by atoms with Crippen LogP contribution in [0.15, 0.2) is 54.7 Å². The van der Waals surface area contributed by atoms with Crippen LogP contribution in [0.4, 0.5) is 11.5 Å². The van der Waals surface area contributed by atoms with E-state index < -0.39 is 0 Å². The number of amides is 2. The van der Waals surface area contributed by atoms with E-state index in [1.165, 1.54) is 6.20 Å².